The normalized spacial score (nSPS) is 10.4. The number of fused-ring (bicyclic) bond motifs is 1. The first kappa shape index (κ1) is 12.2. The summed E-state index contributed by atoms with van der Waals surface area (Å²) in [6.45, 7) is 0. The molecular weight excluding hydrogens is 254 g/mol. The molecule has 4 nitrogen and oxygen atoms in total. The first-order valence-corrected chi connectivity index (χ1v) is 6.07. The largest absolute Gasteiger partial charge is 0.478 e. The molecule has 3 aromatic rings. The molecule has 20 heavy (non-hydrogen) atoms. The van der Waals surface area contributed by atoms with Crippen LogP contribution in [0.4, 0.5) is 0 Å². The molecule has 2 aromatic carbocycles. The number of carboxylic acids is 1. The van der Waals surface area contributed by atoms with E-state index in [1.54, 1.807) is 0 Å². The van der Waals surface area contributed by atoms with Crippen LogP contribution in [-0.4, -0.2) is 16.1 Å². The number of hydrogen-bond acceptors (Lipinski definition) is 3. The average Bonchev–Trinajstić information content (AvgIpc) is 2.47. The highest BCUT2D eigenvalue weighted by molar-refractivity contribution is 5.87. The van der Waals surface area contributed by atoms with Gasteiger partial charge in [0.25, 0.3) is 0 Å². The van der Waals surface area contributed by atoms with E-state index in [4.69, 9.17) is 9.84 Å². The SMILES string of the molecule is O=C(O)c1cncc(Oc2ccc3ccccc3c2)c1. The van der Waals surface area contributed by atoms with Gasteiger partial charge < -0.3 is 9.84 Å². The standard InChI is InChI=1S/C16H11NO3/c18-16(19)13-8-15(10-17-9-13)20-14-6-5-11-3-1-2-4-12(11)7-14/h1-10H,(H,18,19). The summed E-state index contributed by atoms with van der Waals surface area (Å²) in [5, 5.41) is 11.1. The third-order valence-electron chi connectivity index (χ3n) is 2.92. The third kappa shape index (κ3) is 2.44. The number of aromatic nitrogens is 1. The number of carbonyl (C=O) groups is 1. The summed E-state index contributed by atoms with van der Waals surface area (Å²) in [4.78, 5) is 14.7. The summed E-state index contributed by atoms with van der Waals surface area (Å²) in [6, 6.07) is 15.1. The molecule has 0 aliphatic heterocycles. The van der Waals surface area contributed by atoms with Gasteiger partial charge in [0.2, 0.25) is 0 Å². The molecule has 3 rings (SSSR count). The first-order chi connectivity index (χ1) is 9.72. The van der Waals surface area contributed by atoms with Gasteiger partial charge in [-0.05, 0) is 29.0 Å². The van der Waals surface area contributed by atoms with Gasteiger partial charge in [0, 0.05) is 6.20 Å². The van der Waals surface area contributed by atoms with Gasteiger partial charge in [-0.1, -0.05) is 30.3 Å². The Hall–Kier alpha value is -2.88. The van der Waals surface area contributed by atoms with Crippen molar-refractivity contribution in [2.75, 3.05) is 0 Å². The predicted octanol–water partition coefficient (Wildman–Crippen LogP) is 3.73. The van der Waals surface area contributed by atoms with E-state index >= 15 is 0 Å². The monoisotopic (exact) mass is 265 g/mol. The molecule has 0 aliphatic carbocycles. The summed E-state index contributed by atoms with van der Waals surface area (Å²) >= 11 is 0. The lowest BCUT2D eigenvalue weighted by atomic mass is 10.1. The van der Waals surface area contributed by atoms with Gasteiger partial charge in [-0.25, -0.2) is 4.79 Å². The Morgan fingerprint density at radius 1 is 0.950 bits per heavy atom. The van der Waals surface area contributed by atoms with Crippen molar-refractivity contribution in [3.63, 3.8) is 0 Å². The van der Waals surface area contributed by atoms with Crippen molar-refractivity contribution in [2.24, 2.45) is 0 Å². The number of nitrogens with zero attached hydrogens (tertiary/aromatic N) is 1. The molecule has 0 unspecified atom stereocenters. The fraction of sp³-hybridized carbons (Fsp3) is 0. The average molecular weight is 265 g/mol. The van der Waals surface area contributed by atoms with Crippen LogP contribution >= 0.6 is 0 Å². The van der Waals surface area contributed by atoms with E-state index in [9.17, 15) is 4.79 Å². The molecule has 0 aliphatic rings. The molecule has 0 fully saturated rings. The second kappa shape index (κ2) is 5.01. The van der Waals surface area contributed by atoms with Gasteiger partial charge in [-0.15, -0.1) is 0 Å². The van der Waals surface area contributed by atoms with Gasteiger partial charge in [0.05, 0.1) is 11.8 Å². The van der Waals surface area contributed by atoms with E-state index in [2.05, 4.69) is 4.98 Å². The lowest BCUT2D eigenvalue weighted by molar-refractivity contribution is 0.0696. The van der Waals surface area contributed by atoms with Crippen molar-refractivity contribution >= 4 is 16.7 Å². The summed E-state index contributed by atoms with van der Waals surface area (Å²) in [6.07, 6.45) is 2.78. The van der Waals surface area contributed by atoms with E-state index in [1.165, 1.54) is 18.5 Å². The molecule has 1 heterocycles. The maximum absolute atomic E-state index is 10.9. The van der Waals surface area contributed by atoms with Gasteiger partial charge in [0.1, 0.15) is 11.5 Å². The minimum Gasteiger partial charge on any atom is -0.478 e. The summed E-state index contributed by atoms with van der Waals surface area (Å²) in [5.74, 6) is 0.0229. The molecule has 0 spiro atoms. The van der Waals surface area contributed by atoms with Crippen LogP contribution in [0.3, 0.4) is 0 Å². The summed E-state index contributed by atoms with van der Waals surface area (Å²) in [5.41, 5.74) is 0.100. The number of benzene rings is 2. The van der Waals surface area contributed by atoms with Gasteiger partial charge in [0.15, 0.2) is 0 Å². The Morgan fingerprint density at radius 2 is 1.75 bits per heavy atom. The second-order valence-corrected chi connectivity index (χ2v) is 4.33. The molecule has 0 saturated carbocycles. The quantitative estimate of drug-likeness (QED) is 0.784. The van der Waals surface area contributed by atoms with Gasteiger partial charge >= 0.3 is 5.97 Å². The zero-order valence-electron chi connectivity index (χ0n) is 10.5. The summed E-state index contributed by atoms with van der Waals surface area (Å²) in [7, 11) is 0. The maximum Gasteiger partial charge on any atom is 0.337 e. The molecule has 0 bridgehead atoms. The molecule has 0 atom stereocenters. The highest BCUT2D eigenvalue weighted by Gasteiger charge is 2.06. The molecule has 0 radical (unpaired) electrons. The minimum absolute atomic E-state index is 0.100. The van der Waals surface area contributed by atoms with Crippen molar-refractivity contribution in [3.8, 4) is 11.5 Å². The van der Waals surface area contributed by atoms with Crippen molar-refractivity contribution in [1.29, 1.82) is 0 Å². The third-order valence-corrected chi connectivity index (χ3v) is 2.92. The molecule has 0 amide bonds. The number of rotatable bonds is 3. The number of ether oxygens (including phenoxy) is 1. The van der Waals surface area contributed by atoms with Crippen LogP contribution in [0.1, 0.15) is 10.4 Å². The first-order valence-electron chi connectivity index (χ1n) is 6.07. The van der Waals surface area contributed by atoms with Crippen LogP contribution in [0.15, 0.2) is 60.9 Å². The van der Waals surface area contributed by atoms with Crippen molar-refractivity contribution < 1.29 is 14.6 Å². The Bertz CT molecular complexity index is 783. The number of hydrogen-bond donors (Lipinski definition) is 1. The van der Waals surface area contributed by atoms with E-state index < -0.39 is 5.97 Å². The van der Waals surface area contributed by atoms with Crippen LogP contribution in [0, 0.1) is 0 Å². The van der Waals surface area contributed by atoms with Crippen molar-refractivity contribution in [1.82, 2.24) is 4.98 Å². The molecule has 0 saturated heterocycles. The van der Waals surface area contributed by atoms with E-state index in [-0.39, 0.29) is 5.56 Å². The summed E-state index contributed by atoms with van der Waals surface area (Å²) < 4.78 is 5.65. The Kier molecular flexibility index (Phi) is 3.05. The Morgan fingerprint density at radius 3 is 2.55 bits per heavy atom. The van der Waals surface area contributed by atoms with Crippen LogP contribution in [0.25, 0.3) is 10.8 Å². The maximum atomic E-state index is 10.9. The topological polar surface area (TPSA) is 59.4 Å². The van der Waals surface area contributed by atoms with Crippen molar-refractivity contribution in [3.05, 3.63) is 66.5 Å². The smallest absolute Gasteiger partial charge is 0.337 e. The van der Waals surface area contributed by atoms with Crippen LogP contribution < -0.4 is 4.74 Å². The van der Waals surface area contributed by atoms with E-state index in [0.29, 0.717) is 11.5 Å². The van der Waals surface area contributed by atoms with E-state index in [0.717, 1.165) is 10.8 Å². The molecule has 1 N–H and O–H groups in total. The molecule has 98 valence electrons. The number of pyridine rings is 1. The highest BCUT2D eigenvalue weighted by Crippen LogP contribution is 2.25. The second-order valence-electron chi connectivity index (χ2n) is 4.33. The van der Waals surface area contributed by atoms with E-state index in [1.807, 2.05) is 42.5 Å². The molecule has 1 aromatic heterocycles. The van der Waals surface area contributed by atoms with Crippen LogP contribution in [-0.2, 0) is 0 Å². The fourth-order valence-electron chi connectivity index (χ4n) is 1.96. The number of carboxylic acid groups (broad SMARTS) is 1. The fourth-order valence-corrected chi connectivity index (χ4v) is 1.96. The number of aromatic carboxylic acids is 1. The molecule has 4 heteroatoms. The van der Waals surface area contributed by atoms with Crippen LogP contribution in [0.2, 0.25) is 0 Å². The minimum atomic E-state index is -1.03. The zero-order valence-corrected chi connectivity index (χ0v) is 10.5. The highest BCUT2D eigenvalue weighted by atomic mass is 16.5. The van der Waals surface area contributed by atoms with Gasteiger partial charge in [-0.3, -0.25) is 4.98 Å². The zero-order chi connectivity index (χ0) is 13.9. The van der Waals surface area contributed by atoms with Gasteiger partial charge in [-0.2, -0.15) is 0 Å². The van der Waals surface area contributed by atoms with Crippen LogP contribution in [0.5, 0.6) is 11.5 Å². The lowest BCUT2D eigenvalue weighted by Gasteiger charge is -2.07. The van der Waals surface area contributed by atoms with Crippen molar-refractivity contribution in [2.45, 2.75) is 0 Å². The molecular formula is C16H11NO3. The lowest BCUT2D eigenvalue weighted by Crippen LogP contribution is -1.97. The predicted molar refractivity (Wildman–Crippen MR) is 75.2 cm³/mol. The Labute approximate surface area is 115 Å². The Balaban J connectivity index is 1.92.